The highest BCUT2D eigenvalue weighted by atomic mass is 32.2. The molecule has 6 heteroatoms. The molecule has 0 fully saturated rings. The summed E-state index contributed by atoms with van der Waals surface area (Å²) in [7, 11) is -3.26. The Morgan fingerprint density at radius 2 is 2.50 bits per heavy atom. The monoisotopic (exact) mass is 159 g/mol. The van der Waals surface area contributed by atoms with E-state index in [1.807, 2.05) is 0 Å². The molecule has 1 aliphatic heterocycles. The van der Waals surface area contributed by atoms with Crippen molar-refractivity contribution >= 4 is 10.2 Å². The van der Waals surface area contributed by atoms with E-state index < -0.39 is 10.2 Å². The second-order valence-corrected chi connectivity index (χ2v) is 3.64. The topological polar surface area (TPSA) is 64.0 Å². The number of fused-ring (bicyclic) bond motifs is 1. The molecule has 1 aromatic rings. The van der Waals surface area contributed by atoms with Crippen molar-refractivity contribution < 1.29 is 8.42 Å². The van der Waals surface area contributed by atoms with Gasteiger partial charge in [-0.2, -0.15) is 13.1 Å². The molecule has 10 heavy (non-hydrogen) atoms. The molecule has 54 valence electrons. The van der Waals surface area contributed by atoms with Crippen LogP contribution in [0, 0.1) is 0 Å². The van der Waals surface area contributed by atoms with Crippen LogP contribution in [0.2, 0.25) is 0 Å². The summed E-state index contributed by atoms with van der Waals surface area (Å²) in [6.07, 6.45) is 2.81. The third-order valence-electron chi connectivity index (χ3n) is 1.37. The molecule has 0 unspecified atom stereocenters. The van der Waals surface area contributed by atoms with Crippen molar-refractivity contribution in [2.45, 2.75) is 6.54 Å². The zero-order valence-electron chi connectivity index (χ0n) is 4.98. The number of aromatic nitrogens is 2. The zero-order valence-corrected chi connectivity index (χ0v) is 5.80. The number of hydrogen-bond acceptors (Lipinski definition) is 3. The molecule has 0 amide bonds. The van der Waals surface area contributed by atoms with E-state index in [9.17, 15) is 8.42 Å². The van der Waals surface area contributed by atoms with Crippen molar-refractivity contribution in [2.75, 3.05) is 0 Å². The first kappa shape index (κ1) is 5.87. The van der Waals surface area contributed by atoms with E-state index in [1.165, 1.54) is 12.5 Å². The standard InChI is InChI=1S/C4H5N3O2S/c8-10(9)6-2-4-1-5-3-7(4)10/h1,3,6H,2H2. The summed E-state index contributed by atoms with van der Waals surface area (Å²) in [6, 6.07) is 0. The van der Waals surface area contributed by atoms with Gasteiger partial charge < -0.3 is 0 Å². The van der Waals surface area contributed by atoms with Gasteiger partial charge in [0, 0.05) is 0 Å². The summed E-state index contributed by atoms with van der Waals surface area (Å²) >= 11 is 0. The van der Waals surface area contributed by atoms with Crippen LogP contribution in [0.3, 0.4) is 0 Å². The Balaban J connectivity index is 2.76. The minimum absolute atomic E-state index is 0.350. The van der Waals surface area contributed by atoms with Crippen LogP contribution in [-0.2, 0) is 16.8 Å². The lowest BCUT2D eigenvalue weighted by atomic mass is 10.5. The molecule has 0 saturated heterocycles. The summed E-state index contributed by atoms with van der Waals surface area (Å²) in [5.74, 6) is 0. The van der Waals surface area contributed by atoms with Gasteiger partial charge in [-0.25, -0.2) is 8.96 Å². The Hall–Kier alpha value is -0.880. The van der Waals surface area contributed by atoms with Crippen molar-refractivity contribution in [2.24, 2.45) is 0 Å². The number of nitrogens with zero attached hydrogens (tertiary/aromatic N) is 2. The van der Waals surface area contributed by atoms with E-state index in [4.69, 9.17) is 0 Å². The van der Waals surface area contributed by atoms with Gasteiger partial charge in [0.15, 0.2) is 0 Å². The number of imidazole rings is 1. The van der Waals surface area contributed by atoms with E-state index in [-0.39, 0.29) is 0 Å². The first-order valence-corrected chi connectivity index (χ1v) is 4.15. The quantitative estimate of drug-likeness (QED) is 0.532. The third-order valence-corrected chi connectivity index (χ3v) is 2.73. The van der Waals surface area contributed by atoms with Crippen molar-refractivity contribution in [1.29, 1.82) is 0 Å². The fourth-order valence-electron chi connectivity index (χ4n) is 0.886. The van der Waals surface area contributed by atoms with E-state index in [1.54, 1.807) is 0 Å². The van der Waals surface area contributed by atoms with Crippen LogP contribution in [0.25, 0.3) is 0 Å². The van der Waals surface area contributed by atoms with Crippen LogP contribution in [0.15, 0.2) is 12.5 Å². The molecule has 0 bridgehead atoms. The first-order chi connectivity index (χ1) is 4.70. The van der Waals surface area contributed by atoms with E-state index >= 15 is 0 Å². The van der Waals surface area contributed by atoms with Gasteiger partial charge >= 0.3 is 10.2 Å². The average molecular weight is 159 g/mol. The Bertz CT molecular complexity index is 352. The van der Waals surface area contributed by atoms with Crippen molar-refractivity contribution in [3.8, 4) is 0 Å². The minimum Gasteiger partial charge on any atom is -0.244 e. The molecule has 0 aromatic carbocycles. The molecular weight excluding hydrogens is 154 g/mol. The molecule has 0 radical (unpaired) electrons. The van der Waals surface area contributed by atoms with Crippen molar-refractivity contribution in [3.63, 3.8) is 0 Å². The molecule has 0 spiro atoms. The van der Waals surface area contributed by atoms with Crippen molar-refractivity contribution in [3.05, 3.63) is 18.2 Å². The molecule has 1 aliphatic rings. The molecule has 5 nitrogen and oxygen atoms in total. The summed E-state index contributed by atoms with van der Waals surface area (Å²) in [5, 5.41) is 0. The van der Waals surface area contributed by atoms with Gasteiger partial charge in [0.1, 0.15) is 6.33 Å². The molecule has 1 N–H and O–H groups in total. The van der Waals surface area contributed by atoms with Crippen LogP contribution in [0.4, 0.5) is 0 Å². The van der Waals surface area contributed by atoms with E-state index in [0.717, 1.165) is 3.97 Å². The average Bonchev–Trinajstić information content (AvgIpc) is 2.36. The van der Waals surface area contributed by atoms with Gasteiger partial charge in [-0.15, -0.1) is 0 Å². The van der Waals surface area contributed by atoms with Crippen LogP contribution in [0.5, 0.6) is 0 Å². The normalized spacial score (nSPS) is 20.8. The van der Waals surface area contributed by atoms with Gasteiger partial charge in [0.25, 0.3) is 0 Å². The van der Waals surface area contributed by atoms with Gasteiger partial charge in [-0.1, -0.05) is 0 Å². The Kier molecular flexibility index (Phi) is 0.930. The second-order valence-electron chi connectivity index (χ2n) is 2.01. The van der Waals surface area contributed by atoms with Crippen LogP contribution in [-0.4, -0.2) is 17.4 Å². The lowest BCUT2D eigenvalue weighted by Gasteiger charge is -1.92. The van der Waals surface area contributed by atoms with Gasteiger partial charge in [0.2, 0.25) is 0 Å². The third kappa shape index (κ3) is 0.598. The Morgan fingerprint density at radius 1 is 1.70 bits per heavy atom. The fraction of sp³-hybridized carbons (Fsp3) is 0.250. The van der Waals surface area contributed by atoms with Crippen LogP contribution in [0.1, 0.15) is 5.69 Å². The van der Waals surface area contributed by atoms with Gasteiger partial charge in [-0.05, 0) is 0 Å². The largest absolute Gasteiger partial charge is 0.306 e. The molecule has 2 heterocycles. The molecular formula is C4H5N3O2S. The maximum atomic E-state index is 10.9. The van der Waals surface area contributed by atoms with E-state index in [0.29, 0.717) is 12.2 Å². The molecule has 1 aromatic heterocycles. The van der Waals surface area contributed by atoms with Crippen LogP contribution < -0.4 is 4.72 Å². The Labute approximate surface area is 57.9 Å². The summed E-state index contributed by atoms with van der Waals surface area (Å²) in [4.78, 5) is 3.68. The van der Waals surface area contributed by atoms with E-state index in [2.05, 4.69) is 9.71 Å². The SMILES string of the molecule is O=S1(=O)NCc2cncn21. The lowest BCUT2D eigenvalue weighted by molar-refractivity contribution is 0.582. The number of rotatable bonds is 0. The summed E-state index contributed by atoms with van der Waals surface area (Å²) in [5.41, 5.74) is 0.681. The predicted molar refractivity (Wildman–Crippen MR) is 33.4 cm³/mol. The highest BCUT2D eigenvalue weighted by molar-refractivity contribution is 7.88. The zero-order chi connectivity index (χ0) is 7.19. The number of hydrogen-bond donors (Lipinski definition) is 1. The summed E-state index contributed by atoms with van der Waals surface area (Å²) in [6.45, 7) is 0.350. The second kappa shape index (κ2) is 1.58. The predicted octanol–water partition coefficient (Wildman–Crippen LogP) is -0.921. The molecule has 0 atom stereocenters. The smallest absolute Gasteiger partial charge is 0.244 e. The highest BCUT2D eigenvalue weighted by Crippen LogP contribution is 2.09. The molecule has 0 aliphatic carbocycles. The van der Waals surface area contributed by atoms with Gasteiger partial charge in [-0.3, -0.25) is 0 Å². The first-order valence-electron chi connectivity index (χ1n) is 2.71. The maximum Gasteiger partial charge on any atom is 0.306 e. The lowest BCUT2D eigenvalue weighted by Crippen LogP contribution is -2.19. The van der Waals surface area contributed by atoms with Crippen molar-refractivity contribution in [1.82, 2.24) is 13.7 Å². The fourth-order valence-corrected chi connectivity index (χ4v) is 1.95. The highest BCUT2D eigenvalue weighted by Gasteiger charge is 2.23. The summed E-state index contributed by atoms with van der Waals surface area (Å²) < 4.78 is 25.3. The van der Waals surface area contributed by atoms with Gasteiger partial charge in [0.05, 0.1) is 18.4 Å². The maximum absolute atomic E-state index is 10.9. The number of nitrogens with one attached hydrogen (secondary N) is 1. The Morgan fingerprint density at radius 3 is 3.20 bits per heavy atom. The van der Waals surface area contributed by atoms with Crippen LogP contribution >= 0.6 is 0 Å². The molecule has 2 rings (SSSR count). The minimum atomic E-state index is -3.26. The molecule has 0 saturated carbocycles.